The number of nitro benzene ring substituents is 1. The highest BCUT2D eigenvalue weighted by molar-refractivity contribution is 7.18. The highest BCUT2D eigenvalue weighted by Gasteiger charge is 2.22. The van der Waals surface area contributed by atoms with Crippen LogP contribution >= 0.6 is 11.3 Å². The molecule has 8 heteroatoms. The van der Waals surface area contributed by atoms with Gasteiger partial charge >= 0.3 is 0 Å². The van der Waals surface area contributed by atoms with E-state index < -0.39 is 0 Å². The van der Waals surface area contributed by atoms with Crippen LogP contribution in [0.15, 0.2) is 48.5 Å². The second-order valence-electron chi connectivity index (χ2n) is 7.43. The molecule has 0 radical (unpaired) electrons. The summed E-state index contributed by atoms with van der Waals surface area (Å²) in [5.41, 5.74) is 1.99. The number of fused-ring (bicyclic) bond motifs is 1. The summed E-state index contributed by atoms with van der Waals surface area (Å²) in [4.78, 5) is 31.8. The Labute approximate surface area is 179 Å². The fourth-order valence-corrected chi connectivity index (χ4v) is 4.76. The molecule has 1 saturated heterocycles. The maximum Gasteiger partial charge on any atom is 0.271 e. The molecule has 1 aliphatic rings. The maximum absolute atomic E-state index is 12.5. The first kappa shape index (κ1) is 20.3. The SMILES string of the molecule is O=C(CCCCc1nc2ccccc2s1)N1CCN(c2cccc([N+](=O)[O-])c2)CC1. The van der Waals surface area contributed by atoms with Crippen molar-refractivity contribution in [1.82, 2.24) is 9.88 Å². The Morgan fingerprint density at radius 1 is 1.07 bits per heavy atom. The molecule has 2 aromatic carbocycles. The van der Waals surface area contributed by atoms with Crippen molar-refractivity contribution >= 4 is 38.8 Å². The average molecular weight is 425 g/mol. The number of anilines is 1. The highest BCUT2D eigenvalue weighted by Crippen LogP contribution is 2.24. The van der Waals surface area contributed by atoms with Gasteiger partial charge < -0.3 is 9.80 Å². The van der Waals surface area contributed by atoms with Crippen LogP contribution in [-0.4, -0.2) is 46.9 Å². The van der Waals surface area contributed by atoms with Gasteiger partial charge in [-0.3, -0.25) is 14.9 Å². The molecule has 0 saturated carbocycles. The van der Waals surface area contributed by atoms with E-state index in [1.54, 1.807) is 23.5 Å². The summed E-state index contributed by atoms with van der Waals surface area (Å²) >= 11 is 1.73. The van der Waals surface area contributed by atoms with Crippen LogP contribution in [0.4, 0.5) is 11.4 Å². The van der Waals surface area contributed by atoms with E-state index in [0.717, 1.165) is 35.5 Å². The number of unbranched alkanes of at least 4 members (excludes halogenated alkanes) is 1. The van der Waals surface area contributed by atoms with Crippen molar-refractivity contribution in [2.45, 2.75) is 25.7 Å². The van der Waals surface area contributed by atoms with Gasteiger partial charge in [-0.1, -0.05) is 18.2 Å². The number of amides is 1. The predicted octanol–water partition coefficient (Wildman–Crippen LogP) is 4.27. The first-order valence-electron chi connectivity index (χ1n) is 10.2. The lowest BCUT2D eigenvalue weighted by molar-refractivity contribution is -0.384. The molecule has 7 nitrogen and oxygen atoms in total. The third-order valence-corrected chi connectivity index (χ3v) is 6.50. The Bertz CT molecular complexity index is 1010. The summed E-state index contributed by atoms with van der Waals surface area (Å²) in [5, 5.41) is 12.1. The zero-order valence-corrected chi connectivity index (χ0v) is 17.5. The van der Waals surface area contributed by atoms with Crippen LogP contribution in [0.5, 0.6) is 0 Å². The molecule has 0 unspecified atom stereocenters. The monoisotopic (exact) mass is 424 g/mol. The number of rotatable bonds is 7. The Morgan fingerprint density at radius 3 is 2.63 bits per heavy atom. The molecule has 1 amide bonds. The molecular formula is C22H24N4O3S. The molecule has 1 fully saturated rings. The number of hydrogen-bond donors (Lipinski definition) is 0. The molecule has 4 rings (SSSR count). The lowest BCUT2D eigenvalue weighted by Gasteiger charge is -2.36. The quantitative estimate of drug-likeness (QED) is 0.322. The number of nitro groups is 1. The van der Waals surface area contributed by atoms with E-state index in [2.05, 4.69) is 16.0 Å². The van der Waals surface area contributed by atoms with Crippen LogP contribution in [-0.2, 0) is 11.2 Å². The van der Waals surface area contributed by atoms with Crippen molar-refractivity contribution in [3.05, 3.63) is 63.7 Å². The number of non-ortho nitro benzene ring substituents is 1. The minimum absolute atomic E-state index is 0.0964. The molecule has 1 aliphatic heterocycles. The van der Waals surface area contributed by atoms with Gasteiger partial charge in [0.2, 0.25) is 5.91 Å². The molecule has 30 heavy (non-hydrogen) atoms. The van der Waals surface area contributed by atoms with Gasteiger partial charge in [-0.05, 0) is 37.5 Å². The van der Waals surface area contributed by atoms with E-state index in [9.17, 15) is 14.9 Å². The summed E-state index contributed by atoms with van der Waals surface area (Å²) in [5.74, 6) is 0.193. The number of hydrogen-bond acceptors (Lipinski definition) is 6. The minimum atomic E-state index is -0.377. The van der Waals surface area contributed by atoms with Gasteiger partial charge in [-0.25, -0.2) is 4.98 Å². The summed E-state index contributed by atoms with van der Waals surface area (Å²) in [7, 11) is 0. The first-order chi connectivity index (χ1) is 14.6. The van der Waals surface area contributed by atoms with Gasteiger partial charge in [0, 0.05) is 50.4 Å². The fraction of sp³-hybridized carbons (Fsp3) is 0.364. The highest BCUT2D eigenvalue weighted by atomic mass is 32.1. The van der Waals surface area contributed by atoms with Crippen LogP contribution < -0.4 is 4.90 Å². The largest absolute Gasteiger partial charge is 0.368 e. The third kappa shape index (κ3) is 4.76. The summed E-state index contributed by atoms with van der Waals surface area (Å²) < 4.78 is 1.21. The summed E-state index contributed by atoms with van der Waals surface area (Å²) in [6.07, 6.45) is 3.29. The number of piperazine rings is 1. The van der Waals surface area contributed by atoms with Crippen molar-refractivity contribution in [3.8, 4) is 0 Å². The fourth-order valence-electron chi connectivity index (χ4n) is 3.75. The predicted molar refractivity (Wildman–Crippen MR) is 119 cm³/mol. The van der Waals surface area contributed by atoms with Gasteiger partial charge in [0.1, 0.15) is 0 Å². The Hall–Kier alpha value is -3.00. The van der Waals surface area contributed by atoms with Gasteiger partial charge in [-0.15, -0.1) is 11.3 Å². The van der Waals surface area contributed by atoms with Gasteiger partial charge in [0.25, 0.3) is 5.69 Å². The molecule has 0 N–H and O–H groups in total. The standard InChI is InChI=1S/C22H24N4O3S/c27-22(11-4-3-10-21-23-19-8-1-2-9-20(19)30-21)25-14-12-24(13-15-25)17-6-5-7-18(16-17)26(28)29/h1-2,5-9,16H,3-4,10-15H2. The molecular weight excluding hydrogens is 400 g/mol. The van der Waals surface area contributed by atoms with Crippen molar-refractivity contribution in [2.75, 3.05) is 31.1 Å². The zero-order valence-electron chi connectivity index (χ0n) is 16.7. The molecule has 0 atom stereocenters. The first-order valence-corrected chi connectivity index (χ1v) is 11.0. The molecule has 156 valence electrons. The van der Waals surface area contributed by atoms with Crippen LogP contribution in [0.25, 0.3) is 10.2 Å². The molecule has 1 aromatic heterocycles. The van der Waals surface area contributed by atoms with Crippen molar-refractivity contribution < 1.29 is 9.72 Å². The van der Waals surface area contributed by atoms with Gasteiger partial charge in [0.15, 0.2) is 0 Å². The number of para-hydroxylation sites is 1. The van der Waals surface area contributed by atoms with E-state index in [1.165, 1.54) is 10.8 Å². The summed E-state index contributed by atoms with van der Waals surface area (Å²) in [6, 6.07) is 14.8. The molecule has 2 heterocycles. The molecule has 0 bridgehead atoms. The second kappa shape index (κ2) is 9.21. The number of aromatic nitrogens is 1. The van der Waals surface area contributed by atoms with Crippen LogP contribution in [0.3, 0.4) is 0 Å². The number of thiazole rings is 1. The van der Waals surface area contributed by atoms with E-state index in [0.29, 0.717) is 32.6 Å². The van der Waals surface area contributed by atoms with E-state index in [4.69, 9.17) is 0 Å². The normalized spacial score (nSPS) is 14.3. The second-order valence-corrected chi connectivity index (χ2v) is 8.54. The lowest BCUT2D eigenvalue weighted by atomic mass is 10.1. The van der Waals surface area contributed by atoms with E-state index in [1.807, 2.05) is 29.2 Å². The van der Waals surface area contributed by atoms with Crippen LogP contribution in [0, 0.1) is 10.1 Å². The smallest absolute Gasteiger partial charge is 0.271 e. The minimum Gasteiger partial charge on any atom is -0.368 e. The zero-order chi connectivity index (χ0) is 20.9. The maximum atomic E-state index is 12.5. The Morgan fingerprint density at radius 2 is 1.87 bits per heavy atom. The Kier molecular flexibility index (Phi) is 6.23. The number of nitrogens with zero attached hydrogens (tertiary/aromatic N) is 4. The number of carbonyl (C=O) groups is 1. The van der Waals surface area contributed by atoms with Crippen LogP contribution in [0.2, 0.25) is 0 Å². The average Bonchev–Trinajstić information content (AvgIpc) is 3.19. The topological polar surface area (TPSA) is 79.6 Å². The number of carbonyl (C=O) groups excluding carboxylic acids is 1. The van der Waals surface area contributed by atoms with Gasteiger partial charge in [-0.2, -0.15) is 0 Å². The van der Waals surface area contributed by atoms with Crippen molar-refractivity contribution in [1.29, 1.82) is 0 Å². The van der Waals surface area contributed by atoms with Crippen LogP contribution in [0.1, 0.15) is 24.3 Å². The van der Waals surface area contributed by atoms with E-state index >= 15 is 0 Å². The number of benzene rings is 2. The van der Waals surface area contributed by atoms with E-state index in [-0.39, 0.29) is 16.5 Å². The Balaban J connectivity index is 1.21. The van der Waals surface area contributed by atoms with Gasteiger partial charge in [0.05, 0.1) is 20.1 Å². The third-order valence-electron chi connectivity index (χ3n) is 5.41. The van der Waals surface area contributed by atoms with Crippen molar-refractivity contribution in [3.63, 3.8) is 0 Å². The van der Waals surface area contributed by atoms with Crippen molar-refractivity contribution in [2.24, 2.45) is 0 Å². The summed E-state index contributed by atoms with van der Waals surface area (Å²) in [6.45, 7) is 2.69. The molecule has 0 aliphatic carbocycles. The number of aryl methyl sites for hydroxylation is 1. The molecule has 0 spiro atoms. The molecule has 3 aromatic rings. The lowest BCUT2D eigenvalue weighted by Crippen LogP contribution is -2.48.